The lowest BCUT2D eigenvalue weighted by atomic mass is 10.1. The summed E-state index contributed by atoms with van der Waals surface area (Å²) >= 11 is 1.53. The zero-order valence-corrected chi connectivity index (χ0v) is 18.6. The van der Waals surface area contributed by atoms with E-state index in [-0.39, 0.29) is 0 Å². The quantitative estimate of drug-likeness (QED) is 0.434. The molecule has 31 heavy (non-hydrogen) atoms. The minimum atomic E-state index is 0.557. The van der Waals surface area contributed by atoms with E-state index in [1.807, 2.05) is 55.5 Å². The lowest BCUT2D eigenvalue weighted by Gasteiger charge is -2.16. The number of ether oxygens (including phenoxy) is 1. The molecule has 0 unspecified atom stereocenters. The molecule has 1 aliphatic heterocycles. The number of nitriles is 1. The summed E-state index contributed by atoms with van der Waals surface area (Å²) in [5.74, 6) is 1.43. The molecule has 0 amide bonds. The average molecular weight is 426 g/mol. The van der Waals surface area contributed by atoms with E-state index in [0.717, 1.165) is 38.7 Å². The molecular weight excluding hydrogens is 402 g/mol. The smallest absolute Gasteiger partial charge is 0.135 e. The van der Waals surface area contributed by atoms with Crippen molar-refractivity contribution in [2.45, 2.75) is 13.8 Å². The Balaban J connectivity index is 1.64. The first-order valence-electron chi connectivity index (χ1n) is 10.1. The normalized spacial score (nSPS) is 15.3. The molecule has 0 bridgehead atoms. The van der Waals surface area contributed by atoms with E-state index in [0.29, 0.717) is 11.3 Å². The van der Waals surface area contributed by atoms with Crippen LogP contribution in [0.5, 0.6) is 0 Å². The van der Waals surface area contributed by atoms with Gasteiger partial charge in [0.2, 0.25) is 0 Å². The van der Waals surface area contributed by atoms with Crippen LogP contribution in [0.4, 0.5) is 5.69 Å². The molecule has 0 aliphatic carbocycles. The van der Waals surface area contributed by atoms with Crippen LogP contribution in [0.3, 0.4) is 0 Å². The van der Waals surface area contributed by atoms with Crippen molar-refractivity contribution in [1.82, 2.24) is 4.98 Å². The number of allylic oxidation sites excluding steroid dienone is 6. The van der Waals surface area contributed by atoms with E-state index in [9.17, 15) is 5.26 Å². The highest BCUT2D eigenvalue weighted by molar-refractivity contribution is 7.19. The van der Waals surface area contributed by atoms with Crippen molar-refractivity contribution in [2.75, 3.05) is 18.5 Å². The van der Waals surface area contributed by atoms with Gasteiger partial charge in [-0.1, -0.05) is 30.3 Å². The molecule has 4 rings (SSSR count). The number of anilines is 1. The maximum atomic E-state index is 9.87. The van der Waals surface area contributed by atoms with Gasteiger partial charge < -0.3 is 9.64 Å². The van der Waals surface area contributed by atoms with E-state index < -0.39 is 0 Å². The van der Waals surface area contributed by atoms with Crippen molar-refractivity contribution in [3.8, 4) is 6.07 Å². The fourth-order valence-corrected chi connectivity index (χ4v) is 4.28. The van der Waals surface area contributed by atoms with Gasteiger partial charge in [-0.2, -0.15) is 5.26 Å². The Kier molecular flexibility index (Phi) is 6.01. The van der Waals surface area contributed by atoms with Crippen LogP contribution >= 0.6 is 11.3 Å². The van der Waals surface area contributed by atoms with E-state index >= 15 is 0 Å². The monoisotopic (exact) mass is 425 g/mol. The fourth-order valence-electron chi connectivity index (χ4n) is 3.30. The zero-order valence-electron chi connectivity index (χ0n) is 17.8. The van der Waals surface area contributed by atoms with Crippen molar-refractivity contribution in [3.63, 3.8) is 0 Å². The van der Waals surface area contributed by atoms with Gasteiger partial charge in [-0.05, 0) is 61.9 Å². The number of fused-ring (bicyclic) bond motifs is 1. The molecule has 0 spiro atoms. The zero-order chi connectivity index (χ0) is 21.8. The Morgan fingerprint density at radius 3 is 2.61 bits per heavy atom. The highest BCUT2D eigenvalue weighted by Gasteiger charge is 2.15. The van der Waals surface area contributed by atoms with Gasteiger partial charge in [0.15, 0.2) is 0 Å². The summed E-state index contributed by atoms with van der Waals surface area (Å²) in [4.78, 5) is 6.84. The molecule has 0 N–H and O–H groups in total. The van der Waals surface area contributed by atoms with E-state index in [2.05, 4.69) is 54.2 Å². The lowest BCUT2D eigenvalue weighted by Crippen LogP contribution is -2.15. The average Bonchev–Trinajstić information content (AvgIpc) is 3.21. The number of benzene rings is 2. The van der Waals surface area contributed by atoms with Crippen LogP contribution in [-0.2, 0) is 4.74 Å². The predicted octanol–water partition coefficient (Wildman–Crippen LogP) is 6.56. The van der Waals surface area contributed by atoms with Crippen LogP contribution in [0.2, 0.25) is 0 Å². The lowest BCUT2D eigenvalue weighted by molar-refractivity contribution is 0.318. The molecule has 0 atom stereocenters. The summed E-state index contributed by atoms with van der Waals surface area (Å²) in [7, 11) is 2.08. The standard InChI is InChI=1S/C26H23N3OS/c1-4-29(3)21-12-9-19(10-13-21)11-14-22-16-20(15-18(2)30-22)23(17-27)26-28-24-7-5-6-8-25(24)31-26/h5-16H,4H2,1-3H3/b14-11?,23-20+. The first-order valence-corrected chi connectivity index (χ1v) is 11.0. The summed E-state index contributed by atoms with van der Waals surface area (Å²) in [6.07, 6.45) is 7.73. The number of hydrogen-bond acceptors (Lipinski definition) is 5. The van der Waals surface area contributed by atoms with Crippen LogP contribution in [-0.4, -0.2) is 18.6 Å². The largest absolute Gasteiger partial charge is 0.462 e. The van der Waals surface area contributed by atoms with Gasteiger partial charge in [-0.25, -0.2) is 4.98 Å². The van der Waals surface area contributed by atoms with Gasteiger partial charge in [-0.3, -0.25) is 0 Å². The number of para-hydroxylation sites is 1. The number of aromatic nitrogens is 1. The molecule has 0 fully saturated rings. The number of rotatable bonds is 5. The molecular formula is C26H23N3OS. The number of thiazole rings is 1. The van der Waals surface area contributed by atoms with E-state index in [4.69, 9.17) is 4.74 Å². The third-order valence-corrected chi connectivity index (χ3v) is 6.15. The summed E-state index contributed by atoms with van der Waals surface area (Å²) in [6, 6.07) is 18.7. The van der Waals surface area contributed by atoms with Gasteiger partial charge in [-0.15, -0.1) is 11.3 Å². The molecule has 0 saturated carbocycles. The topological polar surface area (TPSA) is 49.2 Å². The second kappa shape index (κ2) is 9.03. The molecule has 0 radical (unpaired) electrons. The molecule has 2 aromatic carbocycles. The Morgan fingerprint density at radius 1 is 1.13 bits per heavy atom. The Hall–Kier alpha value is -3.62. The minimum absolute atomic E-state index is 0.557. The van der Waals surface area contributed by atoms with Crippen molar-refractivity contribution in [3.05, 3.63) is 94.4 Å². The molecule has 2 heterocycles. The van der Waals surface area contributed by atoms with Crippen LogP contribution in [0.15, 0.2) is 83.9 Å². The maximum absolute atomic E-state index is 9.87. The molecule has 1 aliphatic rings. The van der Waals surface area contributed by atoms with Crippen LogP contribution < -0.4 is 4.90 Å². The predicted molar refractivity (Wildman–Crippen MR) is 129 cm³/mol. The van der Waals surface area contributed by atoms with Gasteiger partial charge in [0, 0.05) is 24.9 Å². The first kappa shape index (κ1) is 20.6. The molecule has 1 aromatic heterocycles. The van der Waals surface area contributed by atoms with Crippen molar-refractivity contribution in [2.24, 2.45) is 0 Å². The van der Waals surface area contributed by atoms with Gasteiger partial charge in [0.25, 0.3) is 0 Å². The number of hydrogen-bond donors (Lipinski definition) is 0. The van der Waals surface area contributed by atoms with Crippen molar-refractivity contribution >= 4 is 38.9 Å². The minimum Gasteiger partial charge on any atom is -0.462 e. The van der Waals surface area contributed by atoms with Crippen LogP contribution in [0, 0.1) is 11.3 Å². The van der Waals surface area contributed by atoms with Gasteiger partial charge in [0.05, 0.1) is 15.8 Å². The highest BCUT2D eigenvalue weighted by Crippen LogP contribution is 2.32. The summed E-state index contributed by atoms with van der Waals surface area (Å²) in [5, 5.41) is 10.6. The number of nitrogens with zero attached hydrogens (tertiary/aromatic N) is 3. The van der Waals surface area contributed by atoms with Crippen LogP contribution in [0.1, 0.15) is 24.4 Å². The SMILES string of the molecule is CCN(C)c1ccc(C=CC2=C/C(=C(\C#N)c3nc4ccccc4s3)C=C(C)O2)cc1. The molecule has 154 valence electrons. The van der Waals surface area contributed by atoms with Gasteiger partial charge in [0.1, 0.15) is 22.6 Å². The van der Waals surface area contributed by atoms with Crippen molar-refractivity contribution < 1.29 is 4.74 Å². The molecule has 3 aromatic rings. The Bertz CT molecular complexity index is 1240. The molecule has 5 heteroatoms. The van der Waals surface area contributed by atoms with E-state index in [1.54, 1.807) is 0 Å². The molecule has 0 saturated heterocycles. The third-order valence-electron chi connectivity index (χ3n) is 5.09. The summed E-state index contributed by atoms with van der Waals surface area (Å²) < 4.78 is 6.94. The van der Waals surface area contributed by atoms with Crippen LogP contribution in [0.25, 0.3) is 21.9 Å². The summed E-state index contributed by atoms with van der Waals surface area (Å²) in [6.45, 7) is 4.99. The maximum Gasteiger partial charge on any atom is 0.135 e. The van der Waals surface area contributed by atoms with Gasteiger partial charge >= 0.3 is 0 Å². The molecule has 4 nitrogen and oxygen atoms in total. The Labute approximate surface area is 186 Å². The fraction of sp³-hybridized carbons (Fsp3) is 0.154. The third kappa shape index (κ3) is 4.60. The first-order chi connectivity index (χ1) is 15.1. The highest BCUT2D eigenvalue weighted by atomic mass is 32.1. The Morgan fingerprint density at radius 2 is 1.90 bits per heavy atom. The summed E-state index contributed by atoms with van der Waals surface area (Å²) in [5.41, 5.74) is 4.55. The van der Waals surface area contributed by atoms with Crippen molar-refractivity contribution in [1.29, 1.82) is 5.26 Å². The second-order valence-electron chi connectivity index (χ2n) is 7.27. The second-order valence-corrected chi connectivity index (χ2v) is 8.30. The van der Waals surface area contributed by atoms with E-state index in [1.165, 1.54) is 17.0 Å².